The van der Waals surface area contributed by atoms with Crippen LogP contribution in [0.1, 0.15) is 26.3 Å². The molecule has 0 radical (unpaired) electrons. The number of carbonyl (C=O) groups excluding carboxylic acids is 1. The molecule has 1 aromatic heterocycles. The van der Waals surface area contributed by atoms with Gasteiger partial charge in [0, 0.05) is 22.6 Å². The van der Waals surface area contributed by atoms with Crippen molar-refractivity contribution in [2.45, 2.75) is 32.9 Å². The van der Waals surface area contributed by atoms with Crippen molar-refractivity contribution < 1.29 is 9.53 Å². The van der Waals surface area contributed by atoms with Crippen LogP contribution in [0.25, 0.3) is 10.9 Å². The van der Waals surface area contributed by atoms with E-state index in [2.05, 4.69) is 26.2 Å². The summed E-state index contributed by atoms with van der Waals surface area (Å²) in [7, 11) is 0. The van der Waals surface area contributed by atoms with E-state index in [4.69, 9.17) is 4.74 Å². The lowest BCUT2D eigenvalue weighted by atomic mass is 10.1. The molecule has 1 heterocycles. The standard InChI is InChI=1S/C15H17BrN2O2/c1-15(2,3)20-14(19)18-9-11-8-12(16)7-10-5-4-6-17-13(10)11/h4-8H,9H2,1-3H3,(H,18,19). The van der Waals surface area contributed by atoms with E-state index in [-0.39, 0.29) is 0 Å². The molecule has 20 heavy (non-hydrogen) atoms. The van der Waals surface area contributed by atoms with Crippen LogP contribution in [-0.2, 0) is 11.3 Å². The van der Waals surface area contributed by atoms with Crippen molar-refractivity contribution in [3.8, 4) is 0 Å². The van der Waals surface area contributed by atoms with Crippen LogP contribution < -0.4 is 5.32 Å². The summed E-state index contributed by atoms with van der Waals surface area (Å²) >= 11 is 3.47. The normalized spacial score (nSPS) is 11.4. The third-order valence-corrected chi connectivity index (χ3v) is 3.03. The van der Waals surface area contributed by atoms with Crippen molar-refractivity contribution >= 4 is 32.9 Å². The number of rotatable bonds is 2. The van der Waals surface area contributed by atoms with Gasteiger partial charge in [-0.25, -0.2) is 4.79 Å². The second kappa shape index (κ2) is 5.79. The molecule has 0 fully saturated rings. The van der Waals surface area contributed by atoms with Gasteiger partial charge in [0.1, 0.15) is 5.60 Å². The van der Waals surface area contributed by atoms with E-state index in [1.54, 1.807) is 6.20 Å². The minimum atomic E-state index is -0.498. The Kier molecular flexibility index (Phi) is 4.28. The Bertz CT molecular complexity index is 635. The van der Waals surface area contributed by atoms with Crippen molar-refractivity contribution in [3.05, 3.63) is 40.5 Å². The van der Waals surface area contributed by atoms with Crippen LogP contribution in [0.15, 0.2) is 34.9 Å². The van der Waals surface area contributed by atoms with Gasteiger partial charge in [0.15, 0.2) is 0 Å². The van der Waals surface area contributed by atoms with Crippen LogP contribution in [0, 0.1) is 0 Å². The first-order chi connectivity index (χ1) is 9.35. The summed E-state index contributed by atoms with van der Waals surface area (Å²) in [6, 6.07) is 7.83. The lowest BCUT2D eigenvalue weighted by molar-refractivity contribution is 0.0524. The van der Waals surface area contributed by atoms with Gasteiger partial charge in [-0.05, 0) is 44.5 Å². The first-order valence-electron chi connectivity index (χ1n) is 6.35. The maximum Gasteiger partial charge on any atom is 0.407 e. The lowest BCUT2D eigenvalue weighted by Gasteiger charge is -2.19. The molecule has 4 nitrogen and oxygen atoms in total. The molecule has 2 rings (SSSR count). The smallest absolute Gasteiger partial charge is 0.407 e. The van der Waals surface area contributed by atoms with Gasteiger partial charge in [0.25, 0.3) is 0 Å². The molecule has 1 aromatic carbocycles. The average Bonchev–Trinajstić information content (AvgIpc) is 2.33. The molecule has 106 valence electrons. The number of nitrogens with one attached hydrogen (secondary N) is 1. The number of hydrogen-bond acceptors (Lipinski definition) is 3. The maximum absolute atomic E-state index is 11.7. The first kappa shape index (κ1) is 14.8. The zero-order valence-electron chi connectivity index (χ0n) is 11.7. The SMILES string of the molecule is CC(C)(C)OC(=O)NCc1cc(Br)cc2cccnc12. The van der Waals surface area contributed by atoms with Gasteiger partial charge < -0.3 is 10.1 Å². The van der Waals surface area contributed by atoms with Crippen molar-refractivity contribution in [2.24, 2.45) is 0 Å². The third-order valence-electron chi connectivity index (χ3n) is 2.57. The fourth-order valence-corrected chi connectivity index (χ4v) is 2.37. The second-order valence-electron chi connectivity index (χ2n) is 5.50. The van der Waals surface area contributed by atoms with E-state index in [0.717, 1.165) is 20.9 Å². The van der Waals surface area contributed by atoms with Crippen molar-refractivity contribution in [1.82, 2.24) is 10.3 Å². The molecule has 0 aliphatic rings. The Labute approximate surface area is 126 Å². The number of hydrogen-bond donors (Lipinski definition) is 1. The van der Waals surface area contributed by atoms with Crippen LogP contribution in [0.2, 0.25) is 0 Å². The second-order valence-corrected chi connectivity index (χ2v) is 6.41. The monoisotopic (exact) mass is 336 g/mol. The zero-order valence-corrected chi connectivity index (χ0v) is 13.3. The van der Waals surface area contributed by atoms with Gasteiger partial charge in [0.05, 0.1) is 5.52 Å². The quantitative estimate of drug-likeness (QED) is 0.900. The van der Waals surface area contributed by atoms with Crippen LogP contribution in [-0.4, -0.2) is 16.7 Å². The zero-order chi connectivity index (χ0) is 14.8. The molecule has 1 N–H and O–H groups in total. The summed E-state index contributed by atoms with van der Waals surface area (Å²) in [5, 5.41) is 3.78. The Morgan fingerprint density at radius 3 is 2.85 bits per heavy atom. The van der Waals surface area contributed by atoms with E-state index in [0.29, 0.717) is 6.54 Å². The van der Waals surface area contributed by atoms with Gasteiger partial charge in [-0.3, -0.25) is 4.98 Å². The topological polar surface area (TPSA) is 51.2 Å². The van der Waals surface area contributed by atoms with Gasteiger partial charge in [-0.1, -0.05) is 22.0 Å². The molecule has 0 aliphatic carbocycles. The number of ether oxygens (including phenoxy) is 1. The Hall–Kier alpha value is -1.62. The van der Waals surface area contributed by atoms with Crippen molar-refractivity contribution in [1.29, 1.82) is 0 Å². The van der Waals surface area contributed by atoms with Crippen LogP contribution >= 0.6 is 15.9 Å². The van der Waals surface area contributed by atoms with Crippen molar-refractivity contribution in [2.75, 3.05) is 0 Å². The van der Waals surface area contributed by atoms with Crippen LogP contribution in [0.5, 0.6) is 0 Å². The highest BCUT2D eigenvalue weighted by Gasteiger charge is 2.16. The van der Waals surface area contributed by atoms with Gasteiger partial charge in [-0.2, -0.15) is 0 Å². The van der Waals surface area contributed by atoms with Gasteiger partial charge >= 0.3 is 6.09 Å². The molecule has 1 amide bonds. The molecule has 0 aliphatic heterocycles. The van der Waals surface area contributed by atoms with E-state index in [1.807, 2.05) is 45.0 Å². The number of pyridine rings is 1. The molecule has 2 aromatic rings. The Morgan fingerprint density at radius 2 is 2.15 bits per heavy atom. The van der Waals surface area contributed by atoms with Crippen molar-refractivity contribution in [3.63, 3.8) is 0 Å². The van der Waals surface area contributed by atoms with E-state index in [1.165, 1.54) is 0 Å². The summed E-state index contributed by atoms with van der Waals surface area (Å²) in [4.78, 5) is 16.0. The molecule has 0 bridgehead atoms. The number of alkyl carbamates (subject to hydrolysis) is 1. The number of aromatic nitrogens is 1. The Balaban J connectivity index is 2.16. The maximum atomic E-state index is 11.7. The van der Waals surface area contributed by atoms with Crippen LogP contribution in [0.3, 0.4) is 0 Å². The molecule has 0 saturated heterocycles. The van der Waals surface area contributed by atoms with Gasteiger partial charge in [-0.15, -0.1) is 0 Å². The molecular formula is C15H17BrN2O2. The molecule has 0 unspecified atom stereocenters. The minimum Gasteiger partial charge on any atom is -0.444 e. The predicted molar refractivity (Wildman–Crippen MR) is 82.5 cm³/mol. The van der Waals surface area contributed by atoms with E-state index in [9.17, 15) is 4.79 Å². The summed E-state index contributed by atoms with van der Waals surface area (Å²) in [6.07, 6.45) is 1.31. The fourth-order valence-electron chi connectivity index (χ4n) is 1.84. The van der Waals surface area contributed by atoms with E-state index < -0.39 is 11.7 Å². The highest BCUT2D eigenvalue weighted by Crippen LogP contribution is 2.22. The highest BCUT2D eigenvalue weighted by molar-refractivity contribution is 9.10. The average molecular weight is 337 g/mol. The summed E-state index contributed by atoms with van der Waals surface area (Å²) in [6.45, 7) is 5.88. The summed E-state index contributed by atoms with van der Waals surface area (Å²) in [5.41, 5.74) is 1.33. The lowest BCUT2D eigenvalue weighted by Crippen LogP contribution is -2.32. The van der Waals surface area contributed by atoms with Gasteiger partial charge in [0.2, 0.25) is 0 Å². The molecular weight excluding hydrogens is 320 g/mol. The predicted octanol–water partition coefficient (Wildman–Crippen LogP) is 4.02. The minimum absolute atomic E-state index is 0.377. The number of nitrogens with zero attached hydrogens (tertiary/aromatic N) is 1. The molecule has 0 atom stereocenters. The fraction of sp³-hybridized carbons (Fsp3) is 0.333. The third kappa shape index (κ3) is 3.93. The highest BCUT2D eigenvalue weighted by atomic mass is 79.9. The Morgan fingerprint density at radius 1 is 1.40 bits per heavy atom. The van der Waals surface area contributed by atoms with Crippen LogP contribution in [0.4, 0.5) is 4.79 Å². The largest absolute Gasteiger partial charge is 0.444 e. The number of amides is 1. The number of halogens is 1. The van der Waals surface area contributed by atoms with E-state index >= 15 is 0 Å². The molecule has 0 saturated carbocycles. The number of benzene rings is 1. The molecule has 5 heteroatoms. The first-order valence-corrected chi connectivity index (χ1v) is 7.14. The molecule has 0 spiro atoms. The number of fused-ring (bicyclic) bond motifs is 1. The summed E-state index contributed by atoms with van der Waals surface area (Å²) in [5.74, 6) is 0. The summed E-state index contributed by atoms with van der Waals surface area (Å²) < 4.78 is 6.18. The number of carbonyl (C=O) groups is 1.